The molecule has 4 rings (SSSR count). The number of benzene rings is 2. The number of thioether (sulfide) groups is 1. The maximum absolute atomic E-state index is 6.61. The van der Waals surface area contributed by atoms with Crippen LogP contribution >= 0.6 is 11.8 Å². The van der Waals surface area contributed by atoms with Crippen LogP contribution in [0.5, 0.6) is 0 Å². The Bertz CT molecular complexity index is 601. The van der Waals surface area contributed by atoms with E-state index in [-0.39, 0.29) is 21.1 Å². The van der Waals surface area contributed by atoms with E-state index in [4.69, 9.17) is 4.65 Å². The van der Waals surface area contributed by atoms with Crippen molar-refractivity contribution in [1.82, 2.24) is 4.81 Å². The molecule has 0 spiro atoms. The van der Waals surface area contributed by atoms with Crippen LogP contribution in [0.1, 0.15) is 24.0 Å². The minimum atomic E-state index is -0.321. The smallest absolute Gasteiger partial charge is 0.380 e. The Balaban J connectivity index is 0.000000528. The quantitative estimate of drug-likeness (QED) is 0.769. The molecule has 0 bridgehead atoms. The third kappa shape index (κ3) is 3.69. The van der Waals surface area contributed by atoms with Gasteiger partial charge in [0.15, 0.2) is 0 Å². The summed E-state index contributed by atoms with van der Waals surface area (Å²) >= 11 is 1.75. The Morgan fingerprint density at radius 2 is 1.48 bits per heavy atom. The summed E-state index contributed by atoms with van der Waals surface area (Å²) in [4.78, 5) is 2.53. The maximum atomic E-state index is 6.61. The molecule has 2 aromatic rings. The van der Waals surface area contributed by atoms with Crippen molar-refractivity contribution in [2.75, 3.05) is 19.1 Å². The van der Waals surface area contributed by atoms with Gasteiger partial charge in [0.1, 0.15) is 5.60 Å². The van der Waals surface area contributed by atoms with Crippen LogP contribution in [0.2, 0.25) is 6.82 Å². The van der Waals surface area contributed by atoms with Gasteiger partial charge in [-0.1, -0.05) is 60.7 Å². The first-order chi connectivity index (χ1) is 11.7. The molecule has 2 nitrogen and oxygen atoms in total. The molecule has 0 aliphatic carbocycles. The van der Waals surface area contributed by atoms with Gasteiger partial charge in [0.2, 0.25) is 0 Å². The first-order valence-electron chi connectivity index (χ1n) is 8.68. The Labute approximate surface area is 159 Å². The van der Waals surface area contributed by atoms with Gasteiger partial charge in [-0.2, -0.15) is 11.8 Å². The highest BCUT2D eigenvalue weighted by Gasteiger charge is 2.56. The lowest BCUT2D eigenvalue weighted by Crippen LogP contribution is -2.41. The molecule has 0 aromatic heterocycles. The zero-order chi connectivity index (χ0) is 17.0. The first kappa shape index (κ1) is 20.2. The molecule has 2 fully saturated rings. The second-order valence-electron chi connectivity index (χ2n) is 6.49. The lowest BCUT2D eigenvalue weighted by Gasteiger charge is -2.36. The topological polar surface area (TPSA) is 12.5 Å². The van der Waals surface area contributed by atoms with Crippen LogP contribution in [0.25, 0.3) is 0 Å². The van der Waals surface area contributed by atoms with E-state index >= 15 is 0 Å². The molecule has 2 aromatic carbocycles. The maximum Gasteiger partial charge on any atom is 0.380 e. The molecule has 0 saturated carbocycles. The first-order valence-corrected chi connectivity index (χ1v) is 10.3. The fourth-order valence-corrected chi connectivity index (χ4v) is 4.14. The van der Waals surface area contributed by atoms with Crippen molar-refractivity contribution in [3.63, 3.8) is 0 Å². The van der Waals surface area contributed by atoms with Crippen molar-refractivity contribution in [3.8, 4) is 0 Å². The van der Waals surface area contributed by atoms with E-state index in [0.29, 0.717) is 6.04 Å². The van der Waals surface area contributed by atoms with Gasteiger partial charge < -0.3 is 9.47 Å². The van der Waals surface area contributed by atoms with Crippen LogP contribution in [0, 0.1) is 0 Å². The lowest BCUT2D eigenvalue weighted by atomic mass is 9.79. The Hall–Kier alpha value is -1.16. The van der Waals surface area contributed by atoms with Gasteiger partial charge in [0.05, 0.1) is 8.41 Å². The summed E-state index contributed by atoms with van der Waals surface area (Å²) in [7, 11) is 0.179. The molecular weight excluding hydrogens is 324 g/mol. The van der Waals surface area contributed by atoms with Gasteiger partial charge in [-0.05, 0) is 49.8 Å². The SMILES string of the molecule is B.CB1OC(c2ccccc2)(c2ccccc2)[C@@H]2CCCN12.CSC. The second-order valence-corrected chi connectivity index (χ2v) is 7.31. The van der Waals surface area contributed by atoms with Gasteiger partial charge in [-0.15, -0.1) is 0 Å². The van der Waals surface area contributed by atoms with Crippen LogP contribution in [0.3, 0.4) is 0 Å². The molecule has 25 heavy (non-hydrogen) atoms. The van der Waals surface area contributed by atoms with Gasteiger partial charge >= 0.3 is 7.05 Å². The zero-order valence-corrected chi connectivity index (χ0v) is 15.6. The van der Waals surface area contributed by atoms with Crippen molar-refractivity contribution >= 4 is 27.2 Å². The van der Waals surface area contributed by atoms with E-state index in [1.807, 2.05) is 12.5 Å². The van der Waals surface area contributed by atoms with Gasteiger partial charge in [0.25, 0.3) is 0 Å². The van der Waals surface area contributed by atoms with E-state index in [9.17, 15) is 0 Å². The minimum absolute atomic E-state index is 0. The van der Waals surface area contributed by atoms with Crippen LogP contribution in [0.15, 0.2) is 60.7 Å². The molecule has 0 radical (unpaired) electrons. The fraction of sp³-hybridized carbons (Fsp3) is 0.400. The molecule has 1 atom stereocenters. The third-order valence-corrected chi connectivity index (χ3v) is 4.99. The summed E-state index contributed by atoms with van der Waals surface area (Å²) in [5.74, 6) is 0. The fourth-order valence-electron chi connectivity index (χ4n) is 4.14. The largest absolute Gasteiger partial charge is 0.406 e. The molecule has 2 aliphatic rings. The number of rotatable bonds is 2. The Morgan fingerprint density at radius 3 is 1.96 bits per heavy atom. The molecule has 132 valence electrons. The average molecular weight is 353 g/mol. The number of nitrogens with zero attached hydrogens (tertiary/aromatic N) is 1. The van der Waals surface area contributed by atoms with Crippen LogP contribution in [-0.2, 0) is 10.3 Å². The summed E-state index contributed by atoms with van der Waals surface area (Å²) in [6.45, 7) is 3.33. The Kier molecular flexibility index (Phi) is 7.24. The van der Waals surface area contributed by atoms with Crippen LogP contribution < -0.4 is 0 Å². The highest BCUT2D eigenvalue weighted by Crippen LogP contribution is 2.48. The van der Waals surface area contributed by atoms with E-state index in [1.165, 1.54) is 24.0 Å². The summed E-state index contributed by atoms with van der Waals surface area (Å²) in [5, 5.41) is 0. The van der Waals surface area contributed by atoms with E-state index in [0.717, 1.165) is 6.54 Å². The van der Waals surface area contributed by atoms with Gasteiger partial charge in [0, 0.05) is 6.04 Å². The van der Waals surface area contributed by atoms with E-state index in [1.54, 1.807) is 11.8 Å². The molecular formula is C20H29B2NOS. The molecule has 2 heterocycles. The third-order valence-electron chi connectivity index (χ3n) is 4.99. The molecule has 0 amide bonds. The van der Waals surface area contributed by atoms with Crippen LogP contribution in [-0.4, -0.2) is 45.4 Å². The standard InChI is InChI=1S/C18H20BNO.C2H6S.BH3/c1-19-20-14-8-13-17(20)18(21-19,15-9-4-2-5-10-15)16-11-6-3-7-12-16;1-3-2;/h2-7,9-12,17H,8,13-14H2,1H3;1-2H3;1H3/t17-;;/m0../s1. The highest BCUT2D eigenvalue weighted by molar-refractivity contribution is 7.97. The summed E-state index contributed by atoms with van der Waals surface area (Å²) in [5.41, 5.74) is 2.23. The van der Waals surface area contributed by atoms with E-state index in [2.05, 4.69) is 72.3 Å². The number of hydrogen-bond donors (Lipinski definition) is 0. The molecule has 2 aliphatic heterocycles. The van der Waals surface area contributed by atoms with Crippen molar-refractivity contribution in [3.05, 3.63) is 71.8 Å². The predicted octanol–water partition coefficient (Wildman–Crippen LogP) is 3.34. The number of fused-ring (bicyclic) bond motifs is 1. The molecule has 5 heteroatoms. The van der Waals surface area contributed by atoms with Gasteiger partial charge in [-0.3, -0.25) is 0 Å². The monoisotopic (exact) mass is 353 g/mol. The van der Waals surface area contributed by atoms with Crippen molar-refractivity contribution in [2.45, 2.75) is 31.3 Å². The minimum Gasteiger partial charge on any atom is -0.406 e. The second kappa shape index (κ2) is 8.98. The normalized spacial score (nSPS) is 21.1. The lowest BCUT2D eigenvalue weighted by molar-refractivity contribution is 0.106. The summed E-state index contributed by atoms with van der Waals surface area (Å²) in [6, 6.07) is 21.9. The molecule has 0 N–H and O–H groups in total. The zero-order valence-electron chi connectivity index (χ0n) is 14.8. The average Bonchev–Trinajstić information content (AvgIpc) is 3.21. The van der Waals surface area contributed by atoms with Crippen LogP contribution in [0.4, 0.5) is 0 Å². The predicted molar refractivity (Wildman–Crippen MR) is 115 cm³/mol. The Morgan fingerprint density at radius 1 is 1.00 bits per heavy atom. The number of hydrogen-bond acceptors (Lipinski definition) is 3. The van der Waals surface area contributed by atoms with Crippen molar-refractivity contribution in [2.24, 2.45) is 0 Å². The van der Waals surface area contributed by atoms with Crippen molar-refractivity contribution < 1.29 is 4.65 Å². The summed E-state index contributed by atoms with van der Waals surface area (Å²) in [6.07, 6.45) is 6.55. The van der Waals surface area contributed by atoms with E-state index < -0.39 is 0 Å². The summed E-state index contributed by atoms with van der Waals surface area (Å²) < 4.78 is 6.61. The highest BCUT2D eigenvalue weighted by atomic mass is 32.2. The van der Waals surface area contributed by atoms with Gasteiger partial charge in [-0.25, -0.2) is 0 Å². The molecule has 2 saturated heterocycles. The van der Waals surface area contributed by atoms with Crippen molar-refractivity contribution in [1.29, 1.82) is 0 Å². The molecule has 0 unspecified atom stereocenters.